The van der Waals surface area contributed by atoms with Gasteiger partial charge in [0.1, 0.15) is 11.7 Å². The topological polar surface area (TPSA) is 90.9 Å². The van der Waals surface area contributed by atoms with E-state index in [4.69, 9.17) is 25.8 Å². The largest absolute Gasteiger partial charge is 0.469 e. The fraction of sp³-hybridized carbons (Fsp3) is 0.393. The van der Waals surface area contributed by atoms with Gasteiger partial charge in [-0.25, -0.2) is 4.79 Å². The highest BCUT2D eigenvalue weighted by Gasteiger charge is 2.63. The molecule has 0 aromatic heterocycles. The molecule has 8 heteroatoms. The third-order valence-electron chi connectivity index (χ3n) is 6.80. The molecule has 0 radical (unpaired) electrons. The molecular formula is C28H30ClNO6. The highest BCUT2D eigenvalue weighted by Crippen LogP contribution is 2.53. The molecule has 190 valence electrons. The molecular weight excluding hydrogens is 482 g/mol. The molecule has 2 aromatic rings. The van der Waals surface area contributed by atoms with Crippen molar-refractivity contribution < 1.29 is 28.6 Å². The van der Waals surface area contributed by atoms with Crippen LogP contribution in [0.15, 0.2) is 59.9 Å². The number of carbonyl (C=O) groups excluding carboxylic acids is 3. The monoisotopic (exact) mass is 511 g/mol. The molecule has 0 amide bonds. The molecule has 2 aliphatic rings. The van der Waals surface area contributed by atoms with Crippen molar-refractivity contribution in [3.8, 4) is 0 Å². The highest BCUT2D eigenvalue weighted by molar-refractivity contribution is 6.30. The second-order valence-electron chi connectivity index (χ2n) is 10.1. The van der Waals surface area contributed by atoms with E-state index in [1.807, 2.05) is 32.9 Å². The molecule has 36 heavy (non-hydrogen) atoms. The van der Waals surface area contributed by atoms with Crippen molar-refractivity contribution in [2.45, 2.75) is 45.3 Å². The summed E-state index contributed by atoms with van der Waals surface area (Å²) in [4.78, 5) is 40.6. The number of carbonyl (C=O) groups is 3. The number of allylic oxidation sites excluding steroid dienone is 2. The molecule has 0 spiro atoms. The molecule has 0 fully saturated rings. The molecule has 0 bridgehead atoms. The Bertz CT molecular complexity index is 1220. The lowest BCUT2D eigenvalue weighted by molar-refractivity contribution is -0.182. The van der Waals surface area contributed by atoms with Gasteiger partial charge < -0.3 is 19.5 Å². The fourth-order valence-corrected chi connectivity index (χ4v) is 5.28. The quantitative estimate of drug-likeness (QED) is 0.553. The maximum atomic E-state index is 13.6. The fourth-order valence-electron chi connectivity index (χ4n) is 5.16. The van der Waals surface area contributed by atoms with Gasteiger partial charge in [0.2, 0.25) is 0 Å². The Morgan fingerprint density at radius 2 is 1.64 bits per heavy atom. The molecule has 1 aliphatic heterocycles. The standard InChI is InChI=1S/C28H30ClNO6/c1-16-6-12-19(13-7-16)30-28(26(33)35-5)24(25(32)34-4)22(17-8-10-18(29)11-9-17)23-20(31)14-27(2,3)15-21(23)36-28/h6-13,22,24,30H,14-15H2,1-5H3/t22-,24-,28+/m0/s1. The molecule has 0 saturated carbocycles. The maximum absolute atomic E-state index is 13.6. The molecule has 3 atom stereocenters. The predicted octanol–water partition coefficient (Wildman–Crippen LogP) is 5.18. The van der Waals surface area contributed by atoms with Crippen LogP contribution in [0.4, 0.5) is 5.69 Å². The van der Waals surface area contributed by atoms with E-state index < -0.39 is 34.9 Å². The van der Waals surface area contributed by atoms with Gasteiger partial charge in [0.05, 0.1) is 14.2 Å². The summed E-state index contributed by atoms with van der Waals surface area (Å²) >= 11 is 6.15. The Morgan fingerprint density at radius 1 is 1.00 bits per heavy atom. The summed E-state index contributed by atoms with van der Waals surface area (Å²) in [5.74, 6) is -3.41. The average molecular weight is 512 g/mol. The lowest BCUT2D eigenvalue weighted by Gasteiger charge is -2.49. The van der Waals surface area contributed by atoms with E-state index in [-0.39, 0.29) is 12.2 Å². The van der Waals surface area contributed by atoms with Gasteiger partial charge in [-0.3, -0.25) is 9.59 Å². The summed E-state index contributed by atoms with van der Waals surface area (Å²) in [7, 11) is 2.47. The first-order chi connectivity index (χ1) is 17.0. The Labute approximate surface area is 215 Å². The van der Waals surface area contributed by atoms with E-state index in [0.717, 1.165) is 5.56 Å². The number of methoxy groups -OCH3 is 2. The summed E-state index contributed by atoms with van der Waals surface area (Å²) in [6.45, 7) is 5.88. The van der Waals surface area contributed by atoms with Crippen LogP contribution in [0.2, 0.25) is 5.02 Å². The average Bonchev–Trinajstić information content (AvgIpc) is 2.83. The molecule has 7 nitrogen and oxygen atoms in total. The lowest BCUT2D eigenvalue weighted by atomic mass is 9.65. The summed E-state index contributed by atoms with van der Waals surface area (Å²) in [6.07, 6.45) is 0.685. The molecule has 4 rings (SSSR count). The van der Waals surface area contributed by atoms with E-state index in [0.29, 0.717) is 34.0 Å². The first-order valence-electron chi connectivity index (χ1n) is 11.7. The molecule has 1 N–H and O–H groups in total. The van der Waals surface area contributed by atoms with Crippen molar-refractivity contribution in [1.82, 2.24) is 0 Å². The third-order valence-corrected chi connectivity index (χ3v) is 7.05. The smallest absolute Gasteiger partial charge is 0.373 e. The van der Waals surface area contributed by atoms with Gasteiger partial charge in [-0.05, 0) is 42.2 Å². The Hall–Kier alpha value is -3.32. The number of benzene rings is 2. The minimum Gasteiger partial charge on any atom is -0.469 e. The van der Waals surface area contributed by atoms with Crippen molar-refractivity contribution in [2.75, 3.05) is 19.5 Å². The predicted molar refractivity (Wildman–Crippen MR) is 135 cm³/mol. The summed E-state index contributed by atoms with van der Waals surface area (Å²) in [5.41, 5.74) is 0.179. The number of halogens is 1. The zero-order valence-electron chi connectivity index (χ0n) is 21.0. The maximum Gasteiger partial charge on any atom is 0.373 e. The van der Waals surface area contributed by atoms with Crippen LogP contribution in [0.3, 0.4) is 0 Å². The van der Waals surface area contributed by atoms with Crippen LogP contribution in [0.5, 0.6) is 0 Å². The van der Waals surface area contributed by atoms with Gasteiger partial charge in [0.15, 0.2) is 5.78 Å². The van der Waals surface area contributed by atoms with Gasteiger partial charge in [-0.15, -0.1) is 0 Å². The number of ketones is 1. The van der Waals surface area contributed by atoms with E-state index in [1.165, 1.54) is 14.2 Å². The first-order valence-corrected chi connectivity index (χ1v) is 12.1. The van der Waals surface area contributed by atoms with Crippen molar-refractivity contribution >= 4 is 35.0 Å². The van der Waals surface area contributed by atoms with Crippen molar-refractivity contribution in [3.63, 3.8) is 0 Å². The summed E-state index contributed by atoms with van der Waals surface area (Å²) in [6, 6.07) is 14.2. The van der Waals surface area contributed by atoms with E-state index in [2.05, 4.69) is 5.32 Å². The van der Waals surface area contributed by atoms with E-state index in [9.17, 15) is 14.4 Å². The summed E-state index contributed by atoms with van der Waals surface area (Å²) < 4.78 is 16.8. The Kier molecular flexibility index (Phi) is 6.88. The number of anilines is 1. The number of nitrogens with one attached hydrogen (secondary N) is 1. The van der Waals surface area contributed by atoms with Crippen LogP contribution >= 0.6 is 11.6 Å². The molecule has 2 aromatic carbocycles. The number of hydrogen-bond donors (Lipinski definition) is 1. The van der Waals surface area contributed by atoms with Crippen LogP contribution in [-0.2, 0) is 28.6 Å². The van der Waals surface area contributed by atoms with E-state index >= 15 is 0 Å². The Balaban J connectivity index is 2.01. The third kappa shape index (κ3) is 4.60. The number of rotatable bonds is 5. The number of Topliss-reactive ketones (excluding diaryl/α,β-unsaturated/α-hetero) is 1. The molecule has 0 unspecified atom stereocenters. The van der Waals surface area contributed by atoms with Crippen LogP contribution in [0.1, 0.15) is 43.7 Å². The highest BCUT2D eigenvalue weighted by atomic mass is 35.5. The van der Waals surface area contributed by atoms with Gasteiger partial charge in [0.25, 0.3) is 5.72 Å². The van der Waals surface area contributed by atoms with E-state index in [1.54, 1.807) is 36.4 Å². The van der Waals surface area contributed by atoms with Crippen LogP contribution in [0, 0.1) is 18.3 Å². The minimum atomic E-state index is -1.99. The normalized spacial score (nSPS) is 24.9. The number of aryl methyl sites for hydroxylation is 1. The van der Waals surface area contributed by atoms with Crippen LogP contribution in [0.25, 0.3) is 0 Å². The van der Waals surface area contributed by atoms with Crippen LogP contribution < -0.4 is 5.32 Å². The van der Waals surface area contributed by atoms with Crippen molar-refractivity contribution in [3.05, 3.63) is 76.0 Å². The SMILES string of the molecule is COC(=O)[C@@H]1[C@@H](c2ccc(Cl)cc2)C2=C(CC(C)(C)CC2=O)O[C@@]1(Nc1ccc(C)cc1)C(=O)OC. The minimum absolute atomic E-state index is 0.135. The zero-order valence-corrected chi connectivity index (χ0v) is 21.8. The van der Waals surface area contributed by atoms with Crippen LogP contribution in [-0.4, -0.2) is 37.7 Å². The Morgan fingerprint density at radius 3 is 2.22 bits per heavy atom. The molecule has 0 saturated heterocycles. The zero-order chi connectivity index (χ0) is 26.3. The number of esters is 2. The number of hydrogen-bond acceptors (Lipinski definition) is 7. The second kappa shape index (κ2) is 9.62. The van der Waals surface area contributed by atoms with Gasteiger partial charge in [-0.1, -0.05) is 55.3 Å². The van der Waals surface area contributed by atoms with Crippen molar-refractivity contribution in [2.24, 2.45) is 11.3 Å². The first kappa shape index (κ1) is 25.8. The number of ether oxygens (including phenoxy) is 3. The van der Waals surface area contributed by atoms with Gasteiger partial charge >= 0.3 is 11.9 Å². The lowest BCUT2D eigenvalue weighted by Crippen LogP contribution is -2.62. The van der Waals surface area contributed by atoms with Gasteiger partial charge in [-0.2, -0.15) is 0 Å². The van der Waals surface area contributed by atoms with Gasteiger partial charge in [0, 0.05) is 35.0 Å². The summed E-state index contributed by atoms with van der Waals surface area (Å²) in [5, 5.41) is 3.66. The molecule has 1 aliphatic carbocycles. The van der Waals surface area contributed by atoms with Crippen molar-refractivity contribution in [1.29, 1.82) is 0 Å². The molecule has 1 heterocycles. The second-order valence-corrected chi connectivity index (χ2v) is 10.6.